The van der Waals surface area contributed by atoms with Crippen LogP contribution in [-0.2, 0) is 11.2 Å². The summed E-state index contributed by atoms with van der Waals surface area (Å²) in [7, 11) is 0. The summed E-state index contributed by atoms with van der Waals surface area (Å²) in [4.78, 5) is 4.67. The molecule has 2 aromatic heterocycles. The molecule has 1 aliphatic rings. The SMILES string of the molecule is Brc1cccn2cc(CC3CCCOC3)nc12. The van der Waals surface area contributed by atoms with Gasteiger partial charge in [-0.2, -0.15) is 0 Å². The van der Waals surface area contributed by atoms with Crippen LogP contribution in [0.2, 0.25) is 0 Å². The molecule has 0 spiro atoms. The first-order valence-electron chi connectivity index (χ1n) is 6.03. The van der Waals surface area contributed by atoms with Gasteiger partial charge in [0.15, 0.2) is 5.65 Å². The summed E-state index contributed by atoms with van der Waals surface area (Å²) in [5, 5.41) is 0. The van der Waals surface area contributed by atoms with Crippen LogP contribution in [0.3, 0.4) is 0 Å². The Bertz CT molecular complexity index is 517. The van der Waals surface area contributed by atoms with Gasteiger partial charge < -0.3 is 9.14 Å². The topological polar surface area (TPSA) is 26.5 Å². The fourth-order valence-electron chi connectivity index (χ4n) is 2.39. The van der Waals surface area contributed by atoms with Crippen LogP contribution in [0, 0.1) is 5.92 Å². The highest BCUT2D eigenvalue weighted by Gasteiger charge is 2.16. The summed E-state index contributed by atoms with van der Waals surface area (Å²) >= 11 is 3.53. The van der Waals surface area contributed by atoms with E-state index in [1.807, 2.05) is 18.3 Å². The number of hydrogen-bond acceptors (Lipinski definition) is 2. The third-order valence-electron chi connectivity index (χ3n) is 3.24. The highest BCUT2D eigenvalue weighted by Crippen LogP contribution is 2.21. The number of aromatic nitrogens is 2. The molecule has 2 aromatic rings. The number of halogens is 1. The Morgan fingerprint density at radius 3 is 3.24 bits per heavy atom. The third kappa shape index (κ3) is 2.38. The van der Waals surface area contributed by atoms with Crippen molar-refractivity contribution in [2.45, 2.75) is 19.3 Å². The quantitative estimate of drug-likeness (QED) is 0.851. The van der Waals surface area contributed by atoms with E-state index in [0.717, 1.165) is 35.4 Å². The van der Waals surface area contributed by atoms with Crippen LogP contribution in [0.1, 0.15) is 18.5 Å². The minimum absolute atomic E-state index is 0.632. The van der Waals surface area contributed by atoms with Gasteiger partial charge in [0.05, 0.1) is 10.2 Å². The van der Waals surface area contributed by atoms with Crippen molar-refractivity contribution < 1.29 is 4.74 Å². The van der Waals surface area contributed by atoms with Crippen LogP contribution in [0.15, 0.2) is 29.0 Å². The molecule has 17 heavy (non-hydrogen) atoms. The van der Waals surface area contributed by atoms with E-state index >= 15 is 0 Å². The maximum Gasteiger partial charge on any atom is 0.151 e. The van der Waals surface area contributed by atoms with Gasteiger partial charge in [0, 0.05) is 25.6 Å². The lowest BCUT2D eigenvalue weighted by Crippen LogP contribution is -2.19. The van der Waals surface area contributed by atoms with E-state index in [1.165, 1.54) is 12.8 Å². The molecule has 0 radical (unpaired) electrons. The Labute approximate surface area is 109 Å². The zero-order chi connectivity index (χ0) is 11.7. The van der Waals surface area contributed by atoms with Gasteiger partial charge in [0.1, 0.15) is 0 Å². The van der Waals surface area contributed by atoms with Crippen LogP contribution in [-0.4, -0.2) is 22.6 Å². The fourth-order valence-corrected chi connectivity index (χ4v) is 2.84. The van der Waals surface area contributed by atoms with Gasteiger partial charge in [-0.1, -0.05) is 0 Å². The lowest BCUT2D eigenvalue weighted by molar-refractivity contribution is 0.0547. The maximum absolute atomic E-state index is 5.51. The molecule has 0 N–H and O–H groups in total. The Morgan fingerprint density at radius 1 is 1.53 bits per heavy atom. The lowest BCUT2D eigenvalue weighted by Gasteiger charge is -2.20. The predicted octanol–water partition coefficient (Wildman–Crippen LogP) is 3.07. The van der Waals surface area contributed by atoms with Gasteiger partial charge in [0.25, 0.3) is 0 Å². The summed E-state index contributed by atoms with van der Waals surface area (Å²) in [6.45, 7) is 1.81. The van der Waals surface area contributed by atoms with Crippen LogP contribution < -0.4 is 0 Å². The van der Waals surface area contributed by atoms with Gasteiger partial charge in [0.2, 0.25) is 0 Å². The summed E-state index contributed by atoms with van der Waals surface area (Å²) < 4.78 is 8.63. The number of imidazole rings is 1. The zero-order valence-corrected chi connectivity index (χ0v) is 11.2. The predicted molar refractivity (Wildman–Crippen MR) is 70.1 cm³/mol. The number of fused-ring (bicyclic) bond motifs is 1. The molecule has 3 nitrogen and oxygen atoms in total. The third-order valence-corrected chi connectivity index (χ3v) is 3.86. The molecule has 4 heteroatoms. The molecule has 1 fully saturated rings. The molecule has 1 aliphatic heterocycles. The van der Waals surface area contributed by atoms with Crippen molar-refractivity contribution in [1.82, 2.24) is 9.38 Å². The molecule has 1 atom stereocenters. The lowest BCUT2D eigenvalue weighted by atomic mass is 9.97. The molecule has 1 unspecified atom stereocenters. The summed E-state index contributed by atoms with van der Waals surface area (Å²) in [6, 6.07) is 4.04. The van der Waals surface area contributed by atoms with E-state index in [0.29, 0.717) is 5.92 Å². The maximum atomic E-state index is 5.51. The molecule has 0 bridgehead atoms. The molecule has 3 heterocycles. The molecule has 90 valence electrons. The normalized spacial score (nSPS) is 20.9. The highest BCUT2D eigenvalue weighted by atomic mass is 79.9. The average molecular weight is 295 g/mol. The number of rotatable bonds is 2. The highest BCUT2D eigenvalue weighted by molar-refractivity contribution is 9.10. The minimum Gasteiger partial charge on any atom is -0.381 e. The van der Waals surface area contributed by atoms with Gasteiger partial charge in [-0.25, -0.2) is 4.98 Å². The Morgan fingerprint density at radius 2 is 2.47 bits per heavy atom. The molecule has 1 saturated heterocycles. The van der Waals surface area contributed by atoms with Crippen LogP contribution >= 0.6 is 15.9 Å². The summed E-state index contributed by atoms with van der Waals surface area (Å²) in [6.07, 6.45) is 7.62. The monoisotopic (exact) mass is 294 g/mol. The molecule has 0 aliphatic carbocycles. The first kappa shape index (κ1) is 11.2. The number of nitrogens with zero attached hydrogens (tertiary/aromatic N) is 2. The second kappa shape index (κ2) is 4.78. The van der Waals surface area contributed by atoms with Crippen molar-refractivity contribution in [1.29, 1.82) is 0 Å². The smallest absolute Gasteiger partial charge is 0.151 e. The van der Waals surface area contributed by atoms with Crippen LogP contribution in [0.25, 0.3) is 5.65 Å². The number of pyridine rings is 1. The molecule has 0 aromatic carbocycles. The Kier molecular flexibility index (Phi) is 3.16. The molecule has 3 rings (SSSR count). The van der Waals surface area contributed by atoms with Crippen molar-refractivity contribution in [2.24, 2.45) is 5.92 Å². The largest absolute Gasteiger partial charge is 0.381 e. The molecule has 0 saturated carbocycles. The van der Waals surface area contributed by atoms with E-state index in [2.05, 4.69) is 31.5 Å². The van der Waals surface area contributed by atoms with Gasteiger partial charge in [-0.15, -0.1) is 0 Å². The van der Waals surface area contributed by atoms with Crippen LogP contribution in [0.5, 0.6) is 0 Å². The van der Waals surface area contributed by atoms with Crippen molar-refractivity contribution in [3.63, 3.8) is 0 Å². The second-order valence-corrected chi connectivity index (χ2v) is 5.46. The summed E-state index contributed by atoms with van der Waals surface area (Å²) in [5.74, 6) is 0.632. The van der Waals surface area contributed by atoms with Crippen molar-refractivity contribution in [3.05, 3.63) is 34.7 Å². The number of hydrogen-bond donors (Lipinski definition) is 0. The van der Waals surface area contributed by atoms with Crippen molar-refractivity contribution in [3.8, 4) is 0 Å². The summed E-state index contributed by atoms with van der Waals surface area (Å²) in [5.41, 5.74) is 2.16. The van der Waals surface area contributed by atoms with E-state index < -0.39 is 0 Å². The second-order valence-electron chi connectivity index (χ2n) is 4.61. The average Bonchev–Trinajstić information content (AvgIpc) is 2.74. The van der Waals surface area contributed by atoms with Gasteiger partial charge >= 0.3 is 0 Å². The first-order valence-corrected chi connectivity index (χ1v) is 6.82. The van der Waals surface area contributed by atoms with Crippen LogP contribution in [0.4, 0.5) is 0 Å². The number of ether oxygens (including phenoxy) is 1. The van der Waals surface area contributed by atoms with Gasteiger partial charge in [-0.05, 0) is 53.2 Å². The van der Waals surface area contributed by atoms with Gasteiger partial charge in [-0.3, -0.25) is 0 Å². The van der Waals surface area contributed by atoms with E-state index in [9.17, 15) is 0 Å². The van der Waals surface area contributed by atoms with Crippen molar-refractivity contribution >= 4 is 21.6 Å². The first-order chi connectivity index (χ1) is 8.33. The van der Waals surface area contributed by atoms with Crippen molar-refractivity contribution in [2.75, 3.05) is 13.2 Å². The Hall–Kier alpha value is -0.870. The minimum atomic E-state index is 0.632. The van der Waals surface area contributed by atoms with E-state index in [1.54, 1.807) is 0 Å². The molecule has 0 amide bonds. The fraction of sp³-hybridized carbons (Fsp3) is 0.462. The standard InChI is InChI=1S/C13H15BrN2O/c14-12-4-1-5-16-8-11(15-13(12)16)7-10-3-2-6-17-9-10/h1,4-5,8,10H,2-3,6-7,9H2. The molecular formula is C13H15BrN2O. The Balaban J connectivity index is 1.83. The molecular weight excluding hydrogens is 280 g/mol. The zero-order valence-electron chi connectivity index (χ0n) is 9.60. The van der Waals surface area contributed by atoms with E-state index in [4.69, 9.17) is 4.74 Å². The van der Waals surface area contributed by atoms with E-state index in [-0.39, 0.29) is 0 Å².